The topological polar surface area (TPSA) is 58.4 Å². The minimum absolute atomic E-state index is 0.216. The Bertz CT molecular complexity index is 668. The number of nitrogens with one attached hydrogen (secondary N) is 1. The van der Waals surface area contributed by atoms with Gasteiger partial charge in [0.25, 0.3) is 5.91 Å². The summed E-state index contributed by atoms with van der Waals surface area (Å²) in [4.78, 5) is 14.0. The van der Waals surface area contributed by atoms with E-state index in [1.807, 2.05) is 19.0 Å². The average molecular weight is 308 g/mol. The number of halogens is 2. The van der Waals surface area contributed by atoms with Crippen molar-refractivity contribution in [3.8, 4) is 0 Å². The molecule has 0 saturated heterocycles. The van der Waals surface area contributed by atoms with Gasteiger partial charge in [0.15, 0.2) is 0 Å². The first-order valence-electron chi connectivity index (χ1n) is 6.21. The fourth-order valence-electron chi connectivity index (χ4n) is 1.93. The van der Waals surface area contributed by atoms with Crippen molar-refractivity contribution >= 4 is 34.6 Å². The first kappa shape index (κ1) is 15.1. The lowest BCUT2D eigenvalue weighted by Gasteiger charge is -2.16. The molecule has 0 radical (unpaired) electrons. The number of carbonyl (C=O) groups excluding carboxylic acids is 1. The van der Waals surface area contributed by atoms with Gasteiger partial charge in [-0.1, -0.05) is 11.6 Å². The van der Waals surface area contributed by atoms with Crippen LogP contribution in [0.2, 0.25) is 5.02 Å². The molecule has 3 N–H and O–H groups in total. The smallest absolute Gasteiger partial charge is 0.255 e. The Morgan fingerprint density at radius 3 is 2.52 bits per heavy atom. The maximum absolute atomic E-state index is 13.2. The highest BCUT2D eigenvalue weighted by Crippen LogP contribution is 2.23. The molecule has 0 spiro atoms. The number of amides is 1. The quantitative estimate of drug-likeness (QED) is 0.855. The third kappa shape index (κ3) is 3.64. The van der Waals surface area contributed by atoms with Crippen molar-refractivity contribution in [2.75, 3.05) is 30.0 Å². The SMILES string of the molecule is CN(C)c1ccc(C(=O)Nc2cc(F)cc(Cl)c2)cc1N. The van der Waals surface area contributed by atoms with Gasteiger partial charge in [0, 0.05) is 30.4 Å². The minimum Gasteiger partial charge on any atom is -0.397 e. The molecule has 0 aliphatic rings. The third-order valence-electron chi connectivity index (χ3n) is 2.89. The zero-order chi connectivity index (χ0) is 15.6. The van der Waals surface area contributed by atoms with Crippen molar-refractivity contribution in [2.24, 2.45) is 0 Å². The number of hydrogen-bond donors (Lipinski definition) is 2. The van der Waals surface area contributed by atoms with E-state index in [9.17, 15) is 9.18 Å². The van der Waals surface area contributed by atoms with Gasteiger partial charge >= 0.3 is 0 Å². The number of nitrogens with zero attached hydrogens (tertiary/aromatic N) is 1. The van der Waals surface area contributed by atoms with E-state index >= 15 is 0 Å². The van der Waals surface area contributed by atoms with Crippen molar-refractivity contribution in [3.05, 3.63) is 52.8 Å². The summed E-state index contributed by atoms with van der Waals surface area (Å²) in [5.41, 5.74) is 7.89. The van der Waals surface area contributed by atoms with E-state index in [1.165, 1.54) is 18.2 Å². The molecule has 0 unspecified atom stereocenters. The van der Waals surface area contributed by atoms with E-state index in [-0.39, 0.29) is 10.9 Å². The van der Waals surface area contributed by atoms with Gasteiger partial charge in [-0.25, -0.2) is 4.39 Å². The molecule has 0 aliphatic heterocycles. The molecule has 0 aromatic heterocycles. The molecule has 6 heteroatoms. The van der Waals surface area contributed by atoms with E-state index in [1.54, 1.807) is 18.2 Å². The predicted molar refractivity (Wildman–Crippen MR) is 84.5 cm³/mol. The summed E-state index contributed by atoms with van der Waals surface area (Å²) in [6.45, 7) is 0. The predicted octanol–water partition coefficient (Wildman–Crippen LogP) is 3.38. The van der Waals surface area contributed by atoms with Crippen LogP contribution in [-0.4, -0.2) is 20.0 Å². The second-order valence-electron chi connectivity index (χ2n) is 4.78. The monoisotopic (exact) mass is 307 g/mol. The maximum atomic E-state index is 13.2. The van der Waals surface area contributed by atoms with Crippen molar-refractivity contribution in [3.63, 3.8) is 0 Å². The van der Waals surface area contributed by atoms with Crippen LogP contribution < -0.4 is 16.0 Å². The Kier molecular flexibility index (Phi) is 4.33. The zero-order valence-electron chi connectivity index (χ0n) is 11.7. The number of carbonyl (C=O) groups is 1. The van der Waals surface area contributed by atoms with Crippen LogP contribution >= 0.6 is 11.6 Å². The Morgan fingerprint density at radius 1 is 1.24 bits per heavy atom. The molecule has 1 amide bonds. The van der Waals surface area contributed by atoms with Crippen molar-refractivity contribution in [2.45, 2.75) is 0 Å². The number of anilines is 3. The Balaban J connectivity index is 2.22. The van der Waals surface area contributed by atoms with Gasteiger partial charge in [-0.3, -0.25) is 4.79 Å². The highest BCUT2D eigenvalue weighted by atomic mass is 35.5. The van der Waals surface area contributed by atoms with Crippen LogP contribution in [0, 0.1) is 5.82 Å². The van der Waals surface area contributed by atoms with E-state index in [0.29, 0.717) is 16.9 Å². The lowest BCUT2D eigenvalue weighted by atomic mass is 10.1. The Morgan fingerprint density at radius 2 is 1.95 bits per heavy atom. The first-order valence-corrected chi connectivity index (χ1v) is 6.59. The molecule has 2 aromatic carbocycles. The second kappa shape index (κ2) is 6.01. The first-order chi connectivity index (χ1) is 9.86. The van der Waals surface area contributed by atoms with Gasteiger partial charge in [0.2, 0.25) is 0 Å². The largest absolute Gasteiger partial charge is 0.397 e. The van der Waals surface area contributed by atoms with Gasteiger partial charge in [-0.15, -0.1) is 0 Å². The van der Waals surface area contributed by atoms with E-state index in [4.69, 9.17) is 17.3 Å². The van der Waals surface area contributed by atoms with Gasteiger partial charge in [-0.05, 0) is 36.4 Å². The molecule has 2 aromatic rings. The lowest BCUT2D eigenvalue weighted by molar-refractivity contribution is 0.102. The van der Waals surface area contributed by atoms with E-state index in [0.717, 1.165) is 5.69 Å². The standard InChI is InChI=1S/C15H15ClFN3O/c1-20(2)14-4-3-9(5-13(14)18)15(21)19-12-7-10(16)6-11(17)8-12/h3-8H,18H2,1-2H3,(H,19,21). The number of nitrogen functional groups attached to an aromatic ring is 1. The minimum atomic E-state index is -0.514. The molecule has 0 bridgehead atoms. The molecule has 0 aliphatic carbocycles. The highest BCUT2D eigenvalue weighted by molar-refractivity contribution is 6.31. The Hall–Kier alpha value is -2.27. The van der Waals surface area contributed by atoms with Crippen LogP contribution in [0.1, 0.15) is 10.4 Å². The molecule has 0 heterocycles. The van der Waals surface area contributed by atoms with Crippen LogP contribution in [0.25, 0.3) is 0 Å². The number of nitrogens with two attached hydrogens (primary N) is 1. The molecule has 4 nitrogen and oxygen atoms in total. The Labute approximate surface area is 127 Å². The molecule has 2 rings (SSSR count). The van der Waals surface area contributed by atoms with Gasteiger partial charge < -0.3 is 16.0 Å². The van der Waals surface area contributed by atoms with Crippen LogP contribution in [0.4, 0.5) is 21.5 Å². The van der Waals surface area contributed by atoms with Crippen LogP contribution in [0.15, 0.2) is 36.4 Å². The summed E-state index contributed by atoms with van der Waals surface area (Å²) >= 11 is 5.74. The van der Waals surface area contributed by atoms with Crippen LogP contribution in [-0.2, 0) is 0 Å². The molecular weight excluding hydrogens is 293 g/mol. The summed E-state index contributed by atoms with van der Waals surface area (Å²) in [5.74, 6) is -0.894. The molecule has 0 saturated carbocycles. The maximum Gasteiger partial charge on any atom is 0.255 e. The average Bonchev–Trinajstić information content (AvgIpc) is 2.36. The highest BCUT2D eigenvalue weighted by Gasteiger charge is 2.10. The normalized spacial score (nSPS) is 10.3. The lowest BCUT2D eigenvalue weighted by Crippen LogP contribution is -2.15. The van der Waals surface area contributed by atoms with Gasteiger partial charge in [0.05, 0.1) is 11.4 Å². The molecule has 110 valence electrons. The van der Waals surface area contributed by atoms with Crippen molar-refractivity contribution in [1.29, 1.82) is 0 Å². The summed E-state index contributed by atoms with van der Waals surface area (Å²) in [7, 11) is 3.72. The van der Waals surface area contributed by atoms with Crippen LogP contribution in [0.5, 0.6) is 0 Å². The second-order valence-corrected chi connectivity index (χ2v) is 5.22. The molecule has 0 atom stereocenters. The van der Waals surface area contributed by atoms with Gasteiger partial charge in [0.1, 0.15) is 5.82 Å². The fraction of sp³-hybridized carbons (Fsp3) is 0.133. The van der Waals surface area contributed by atoms with E-state index < -0.39 is 5.82 Å². The number of hydrogen-bond acceptors (Lipinski definition) is 3. The number of rotatable bonds is 3. The fourth-order valence-corrected chi connectivity index (χ4v) is 2.15. The summed E-state index contributed by atoms with van der Waals surface area (Å²) in [6.07, 6.45) is 0. The zero-order valence-corrected chi connectivity index (χ0v) is 12.4. The molecule has 0 fully saturated rings. The van der Waals surface area contributed by atoms with Gasteiger partial charge in [-0.2, -0.15) is 0 Å². The van der Waals surface area contributed by atoms with E-state index in [2.05, 4.69) is 5.32 Å². The molecule has 21 heavy (non-hydrogen) atoms. The molecular formula is C15H15ClFN3O. The van der Waals surface area contributed by atoms with Crippen molar-refractivity contribution in [1.82, 2.24) is 0 Å². The summed E-state index contributed by atoms with van der Waals surface area (Å²) in [6, 6.07) is 8.82. The summed E-state index contributed by atoms with van der Waals surface area (Å²) in [5, 5.41) is 2.80. The van der Waals surface area contributed by atoms with Crippen molar-refractivity contribution < 1.29 is 9.18 Å². The summed E-state index contributed by atoms with van der Waals surface area (Å²) < 4.78 is 13.2. The third-order valence-corrected chi connectivity index (χ3v) is 3.11. The van der Waals surface area contributed by atoms with Crippen LogP contribution in [0.3, 0.4) is 0 Å². The number of benzene rings is 2.